The summed E-state index contributed by atoms with van der Waals surface area (Å²) in [6.07, 6.45) is 3.72. The second kappa shape index (κ2) is 4.76. The van der Waals surface area contributed by atoms with Gasteiger partial charge in [-0.25, -0.2) is 4.79 Å². The molecule has 17 heavy (non-hydrogen) atoms. The molecule has 1 unspecified atom stereocenters. The van der Waals surface area contributed by atoms with E-state index >= 15 is 0 Å². The minimum absolute atomic E-state index is 0.403. The van der Waals surface area contributed by atoms with Crippen LogP contribution in [0.3, 0.4) is 0 Å². The quantitative estimate of drug-likeness (QED) is 0.494. The number of hydrogen-bond acceptors (Lipinski definition) is 4. The third kappa shape index (κ3) is 2.32. The van der Waals surface area contributed by atoms with Crippen molar-refractivity contribution < 1.29 is 9.53 Å². The topological polar surface area (TPSA) is 65.2 Å². The van der Waals surface area contributed by atoms with Gasteiger partial charge < -0.3 is 4.74 Å². The molecular formula is C13H12N2O2. The average molecular weight is 228 g/mol. The summed E-state index contributed by atoms with van der Waals surface area (Å²) in [5.74, 6) is -0.498. The van der Waals surface area contributed by atoms with Crippen molar-refractivity contribution in [2.24, 2.45) is 5.73 Å². The lowest BCUT2D eigenvalue weighted by Gasteiger charge is -2.09. The first-order chi connectivity index (χ1) is 8.22. The van der Waals surface area contributed by atoms with Gasteiger partial charge in [0.25, 0.3) is 0 Å². The molecule has 0 fully saturated rings. The Labute approximate surface area is 98.7 Å². The molecule has 0 aliphatic rings. The van der Waals surface area contributed by atoms with Gasteiger partial charge in [-0.2, -0.15) is 0 Å². The van der Waals surface area contributed by atoms with Gasteiger partial charge in [-0.3, -0.25) is 10.7 Å². The number of aromatic nitrogens is 1. The summed E-state index contributed by atoms with van der Waals surface area (Å²) in [5.41, 5.74) is 5.88. The first-order valence-corrected chi connectivity index (χ1v) is 5.14. The fourth-order valence-corrected chi connectivity index (χ4v) is 1.51. The van der Waals surface area contributed by atoms with E-state index in [0.717, 1.165) is 10.8 Å². The molecule has 0 amide bonds. The van der Waals surface area contributed by atoms with Crippen LogP contribution in [0.25, 0.3) is 10.8 Å². The third-order valence-corrected chi connectivity index (χ3v) is 2.36. The van der Waals surface area contributed by atoms with E-state index in [1.807, 2.05) is 24.3 Å². The molecule has 4 nitrogen and oxygen atoms in total. The Kier molecular flexibility index (Phi) is 3.16. The summed E-state index contributed by atoms with van der Waals surface area (Å²) < 4.78 is 4.97. The van der Waals surface area contributed by atoms with Gasteiger partial charge in [0.2, 0.25) is 0 Å². The van der Waals surface area contributed by atoms with Gasteiger partial charge >= 0.3 is 5.97 Å². The van der Waals surface area contributed by atoms with Gasteiger partial charge in [-0.15, -0.1) is 0 Å². The summed E-state index contributed by atoms with van der Waals surface area (Å²) in [6.45, 7) is 3.45. The number of pyridine rings is 1. The number of benzene rings is 1. The maximum atomic E-state index is 11.8. The maximum absolute atomic E-state index is 11.8. The number of hydrogen-bond donors (Lipinski definition) is 1. The van der Waals surface area contributed by atoms with E-state index in [2.05, 4.69) is 11.6 Å². The summed E-state index contributed by atoms with van der Waals surface area (Å²) >= 11 is 0. The van der Waals surface area contributed by atoms with Crippen LogP contribution in [0.1, 0.15) is 10.4 Å². The Morgan fingerprint density at radius 3 is 2.94 bits per heavy atom. The van der Waals surface area contributed by atoms with Gasteiger partial charge in [0, 0.05) is 17.8 Å². The zero-order chi connectivity index (χ0) is 12.3. The molecule has 0 spiro atoms. The van der Waals surface area contributed by atoms with Crippen molar-refractivity contribution in [3.05, 3.63) is 54.9 Å². The predicted octanol–water partition coefficient (Wildman–Crippen LogP) is 1.86. The predicted molar refractivity (Wildman–Crippen MR) is 65.3 cm³/mol. The van der Waals surface area contributed by atoms with Crippen molar-refractivity contribution in [3.63, 3.8) is 0 Å². The highest BCUT2D eigenvalue weighted by molar-refractivity contribution is 6.03. The Hall–Kier alpha value is -2.20. The molecule has 1 heterocycles. The number of esters is 1. The van der Waals surface area contributed by atoms with Crippen LogP contribution in [-0.2, 0) is 4.74 Å². The number of carbonyl (C=O) groups is 1. The van der Waals surface area contributed by atoms with Crippen LogP contribution in [0.5, 0.6) is 0 Å². The lowest BCUT2D eigenvalue weighted by atomic mass is 10.1. The minimum atomic E-state index is -0.804. The second-order valence-electron chi connectivity index (χ2n) is 3.51. The maximum Gasteiger partial charge on any atom is 0.342 e. The molecule has 0 bridgehead atoms. The van der Waals surface area contributed by atoms with Gasteiger partial charge in [-0.1, -0.05) is 30.8 Å². The summed E-state index contributed by atoms with van der Waals surface area (Å²) in [6, 6.07) is 7.46. The Morgan fingerprint density at radius 2 is 2.18 bits per heavy atom. The highest BCUT2D eigenvalue weighted by atomic mass is 16.6. The molecule has 1 aromatic heterocycles. The van der Waals surface area contributed by atoms with E-state index in [9.17, 15) is 4.79 Å². The third-order valence-electron chi connectivity index (χ3n) is 2.36. The molecule has 2 N–H and O–H groups in total. The molecule has 86 valence electrons. The van der Waals surface area contributed by atoms with E-state index in [1.165, 1.54) is 12.3 Å². The van der Waals surface area contributed by atoms with E-state index in [0.29, 0.717) is 5.56 Å². The highest BCUT2D eigenvalue weighted by Gasteiger charge is 2.13. The van der Waals surface area contributed by atoms with Crippen LogP contribution in [0.2, 0.25) is 0 Å². The number of nitrogens with zero attached hydrogens (tertiary/aromatic N) is 1. The Balaban J connectivity index is 2.41. The Bertz CT molecular complexity index is 561. The van der Waals surface area contributed by atoms with Crippen molar-refractivity contribution in [2.45, 2.75) is 6.23 Å². The molecule has 2 rings (SSSR count). The molecule has 0 saturated carbocycles. The van der Waals surface area contributed by atoms with Crippen LogP contribution in [0.4, 0.5) is 0 Å². The molecule has 0 radical (unpaired) electrons. The fraction of sp³-hybridized carbons (Fsp3) is 0.0769. The first kappa shape index (κ1) is 11.3. The average Bonchev–Trinajstić information content (AvgIpc) is 2.37. The number of fused-ring (bicyclic) bond motifs is 1. The minimum Gasteiger partial charge on any atom is -0.439 e. The SMILES string of the molecule is C=CC(N)OC(=O)c1cncc2ccccc12. The summed E-state index contributed by atoms with van der Waals surface area (Å²) in [5, 5.41) is 1.68. The van der Waals surface area contributed by atoms with Crippen LogP contribution in [-0.4, -0.2) is 17.2 Å². The van der Waals surface area contributed by atoms with Crippen molar-refractivity contribution in [1.82, 2.24) is 4.98 Å². The van der Waals surface area contributed by atoms with Crippen LogP contribution in [0, 0.1) is 0 Å². The zero-order valence-corrected chi connectivity index (χ0v) is 9.17. The molecule has 4 heteroatoms. The standard InChI is InChI=1S/C13H12N2O2/c1-2-12(14)17-13(16)11-8-15-7-9-5-3-4-6-10(9)11/h2-8,12H,1,14H2. The van der Waals surface area contributed by atoms with Gasteiger partial charge in [-0.05, 0) is 11.5 Å². The zero-order valence-electron chi connectivity index (χ0n) is 9.17. The first-order valence-electron chi connectivity index (χ1n) is 5.14. The van der Waals surface area contributed by atoms with Crippen molar-refractivity contribution >= 4 is 16.7 Å². The number of carbonyl (C=O) groups excluding carboxylic acids is 1. The normalized spacial score (nSPS) is 12.1. The molecule has 1 atom stereocenters. The fourth-order valence-electron chi connectivity index (χ4n) is 1.51. The van der Waals surface area contributed by atoms with E-state index in [1.54, 1.807) is 6.20 Å². The van der Waals surface area contributed by atoms with Gasteiger partial charge in [0.05, 0.1) is 5.56 Å². The number of nitrogens with two attached hydrogens (primary N) is 1. The van der Waals surface area contributed by atoms with Crippen molar-refractivity contribution in [1.29, 1.82) is 0 Å². The van der Waals surface area contributed by atoms with Gasteiger partial charge in [0.15, 0.2) is 6.23 Å². The van der Waals surface area contributed by atoms with E-state index in [4.69, 9.17) is 10.5 Å². The second-order valence-corrected chi connectivity index (χ2v) is 3.51. The molecule has 2 aromatic rings. The highest BCUT2D eigenvalue weighted by Crippen LogP contribution is 2.17. The number of rotatable bonds is 3. The molecule has 0 saturated heterocycles. The van der Waals surface area contributed by atoms with Gasteiger partial charge in [0.1, 0.15) is 0 Å². The lowest BCUT2D eigenvalue weighted by molar-refractivity contribution is 0.0408. The van der Waals surface area contributed by atoms with Crippen LogP contribution < -0.4 is 5.73 Å². The largest absolute Gasteiger partial charge is 0.439 e. The summed E-state index contributed by atoms with van der Waals surface area (Å²) in [4.78, 5) is 15.8. The monoisotopic (exact) mass is 228 g/mol. The van der Waals surface area contributed by atoms with E-state index < -0.39 is 12.2 Å². The Morgan fingerprint density at radius 1 is 1.41 bits per heavy atom. The smallest absolute Gasteiger partial charge is 0.342 e. The molecule has 0 aliphatic heterocycles. The van der Waals surface area contributed by atoms with E-state index in [-0.39, 0.29) is 0 Å². The van der Waals surface area contributed by atoms with Crippen LogP contribution >= 0.6 is 0 Å². The molecular weight excluding hydrogens is 216 g/mol. The lowest BCUT2D eigenvalue weighted by Crippen LogP contribution is -2.24. The van der Waals surface area contributed by atoms with Crippen molar-refractivity contribution in [2.75, 3.05) is 0 Å². The van der Waals surface area contributed by atoms with Crippen molar-refractivity contribution in [3.8, 4) is 0 Å². The number of ether oxygens (including phenoxy) is 1. The molecule has 1 aromatic carbocycles. The summed E-state index contributed by atoms with van der Waals surface area (Å²) in [7, 11) is 0. The van der Waals surface area contributed by atoms with Crippen LogP contribution in [0.15, 0.2) is 49.3 Å². The molecule has 0 aliphatic carbocycles.